The second-order valence-electron chi connectivity index (χ2n) is 9.24. The van der Waals surface area contributed by atoms with Crippen molar-refractivity contribution in [3.05, 3.63) is 48.0 Å². The van der Waals surface area contributed by atoms with Crippen LogP contribution in [0.3, 0.4) is 0 Å². The molecule has 0 spiro atoms. The summed E-state index contributed by atoms with van der Waals surface area (Å²) in [5.74, 6) is 0.444. The fraction of sp³-hybridized carbons (Fsp3) is 0.462. The molecule has 1 unspecified atom stereocenters. The highest BCUT2D eigenvalue weighted by Crippen LogP contribution is 2.35. The number of hydrogen-bond donors (Lipinski definition) is 0. The van der Waals surface area contributed by atoms with Crippen molar-refractivity contribution in [2.24, 2.45) is 0 Å². The Bertz CT molecular complexity index is 1330. The van der Waals surface area contributed by atoms with Gasteiger partial charge in [-0.2, -0.15) is 4.31 Å². The van der Waals surface area contributed by atoms with Crippen LogP contribution in [-0.4, -0.2) is 88.6 Å². The fourth-order valence-electron chi connectivity index (χ4n) is 4.16. The Balaban J connectivity index is 0.00000400. The first-order chi connectivity index (χ1) is 17.7. The molecule has 12 heteroatoms. The maximum atomic E-state index is 13.6. The lowest BCUT2D eigenvalue weighted by atomic mass is 10.2. The average molecular weight is 583 g/mol. The molecule has 1 atom stereocenters. The van der Waals surface area contributed by atoms with Gasteiger partial charge in [0.2, 0.25) is 10.0 Å². The molecule has 1 fully saturated rings. The number of halogens is 1. The summed E-state index contributed by atoms with van der Waals surface area (Å²) in [4.78, 5) is 22.2. The van der Waals surface area contributed by atoms with E-state index in [1.54, 1.807) is 24.1 Å². The Morgan fingerprint density at radius 2 is 1.87 bits per heavy atom. The van der Waals surface area contributed by atoms with Crippen LogP contribution in [0, 0.1) is 0 Å². The van der Waals surface area contributed by atoms with Crippen molar-refractivity contribution in [2.75, 3.05) is 58.9 Å². The van der Waals surface area contributed by atoms with Crippen LogP contribution in [0.5, 0.6) is 5.75 Å². The summed E-state index contributed by atoms with van der Waals surface area (Å²) in [6.45, 7) is 4.49. The number of nitrogens with zero attached hydrogens (tertiary/aromatic N) is 4. The number of para-hydroxylation sites is 1. The molecule has 2 aromatic carbocycles. The summed E-state index contributed by atoms with van der Waals surface area (Å²) < 4.78 is 39.7. The van der Waals surface area contributed by atoms with Crippen LogP contribution in [0.2, 0.25) is 0 Å². The molecule has 208 valence electrons. The molecular formula is C26H35ClN4O5S2. The Kier molecular flexibility index (Phi) is 10.5. The van der Waals surface area contributed by atoms with Crippen molar-refractivity contribution in [1.29, 1.82) is 0 Å². The van der Waals surface area contributed by atoms with E-state index in [0.29, 0.717) is 49.3 Å². The van der Waals surface area contributed by atoms with E-state index in [4.69, 9.17) is 14.5 Å². The van der Waals surface area contributed by atoms with Crippen molar-refractivity contribution in [1.82, 2.24) is 14.2 Å². The number of likely N-dealkylation sites (N-methyl/N-ethyl adjacent to an activating group) is 2. The standard InChI is InChI=1S/C26H34N4O5S2.ClH/c1-5-34-22-9-6-10-23-24(22)27-26(36-23)30(16-15-28(2)3)25(31)19-11-13-21(14-12-19)37(32,33)29(4)18-20-8-7-17-35-20;/h6,9-14,20H,5,7-8,15-18H2,1-4H3;1H. The van der Waals surface area contributed by atoms with E-state index in [1.807, 2.05) is 44.1 Å². The summed E-state index contributed by atoms with van der Waals surface area (Å²) in [6.07, 6.45) is 1.72. The predicted octanol–water partition coefficient (Wildman–Crippen LogP) is 4.12. The van der Waals surface area contributed by atoms with Crippen LogP contribution >= 0.6 is 23.7 Å². The van der Waals surface area contributed by atoms with Crippen molar-refractivity contribution in [3.8, 4) is 5.75 Å². The van der Waals surface area contributed by atoms with E-state index in [2.05, 4.69) is 0 Å². The lowest BCUT2D eigenvalue weighted by Crippen LogP contribution is -2.37. The van der Waals surface area contributed by atoms with Gasteiger partial charge in [-0.15, -0.1) is 12.4 Å². The number of hydrogen-bond acceptors (Lipinski definition) is 8. The molecule has 1 amide bonds. The van der Waals surface area contributed by atoms with E-state index in [-0.39, 0.29) is 29.3 Å². The smallest absolute Gasteiger partial charge is 0.260 e. The molecule has 1 aromatic heterocycles. The van der Waals surface area contributed by atoms with Gasteiger partial charge in [-0.1, -0.05) is 17.4 Å². The third-order valence-electron chi connectivity index (χ3n) is 6.21. The van der Waals surface area contributed by atoms with Crippen LogP contribution < -0.4 is 9.64 Å². The summed E-state index contributed by atoms with van der Waals surface area (Å²) in [7, 11) is 1.76. The predicted molar refractivity (Wildman–Crippen MR) is 153 cm³/mol. The molecule has 1 aliphatic rings. The highest BCUT2D eigenvalue weighted by Gasteiger charge is 2.27. The molecule has 4 rings (SSSR count). The molecule has 0 aliphatic carbocycles. The number of carbonyl (C=O) groups is 1. The topological polar surface area (TPSA) is 92.3 Å². The number of ether oxygens (including phenoxy) is 2. The zero-order chi connectivity index (χ0) is 26.6. The van der Waals surface area contributed by atoms with Crippen LogP contribution in [0.1, 0.15) is 30.1 Å². The van der Waals surface area contributed by atoms with Crippen molar-refractivity contribution in [2.45, 2.75) is 30.8 Å². The fourth-order valence-corrected chi connectivity index (χ4v) is 6.37. The third-order valence-corrected chi connectivity index (χ3v) is 9.09. The molecule has 0 saturated carbocycles. The minimum absolute atomic E-state index is 0. The van der Waals surface area contributed by atoms with Gasteiger partial charge < -0.3 is 14.4 Å². The molecule has 0 N–H and O–H groups in total. The second kappa shape index (κ2) is 13.2. The van der Waals surface area contributed by atoms with Crippen molar-refractivity contribution < 1.29 is 22.7 Å². The highest BCUT2D eigenvalue weighted by atomic mass is 35.5. The molecule has 0 radical (unpaired) electrons. The van der Waals surface area contributed by atoms with Gasteiger partial charge in [-0.05, 0) is 70.3 Å². The minimum atomic E-state index is -3.69. The first-order valence-corrected chi connectivity index (χ1v) is 14.6. The van der Waals surface area contributed by atoms with Gasteiger partial charge in [-0.25, -0.2) is 13.4 Å². The van der Waals surface area contributed by atoms with E-state index in [1.165, 1.54) is 27.8 Å². The van der Waals surface area contributed by atoms with Gasteiger partial charge in [0.15, 0.2) is 5.13 Å². The quantitative estimate of drug-likeness (QED) is 0.336. The number of amides is 1. The van der Waals surface area contributed by atoms with Gasteiger partial charge >= 0.3 is 0 Å². The molecule has 1 saturated heterocycles. The van der Waals surface area contributed by atoms with E-state index in [9.17, 15) is 13.2 Å². The molecule has 3 aromatic rings. The molecule has 38 heavy (non-hydrogen) atoms. The molecular weight excluding hydrogens is 548 g/mol. The van der Waals surface area contributed by atoms with Gasteiger partial charge in [0.05, 0.1) is 22.3 Å². The lowest BCUT2D eigenvalue weighted by Gasteiger charge is -2.23. The molecule has 2 heterocycles. The van der Waals surface area contributed by atoms with Gasteiger partial charge in [0, 0.05) is 38.9 Å². The van der Waals surface area contributed by atoms with E-state index in [0.717, 1.165) is 23.1 Å². The lowest BCUT2D eigenvalue weighted by molar-refractivity contribution is 0.0978. The number of carbonyl (C=O) groups excluding carboxylic acids is 1. The van der Waals surface area contributed by atoms with Crippen molar-refractivity contribution in [3.63, 3.8) is 0 Å². The summed E-state index contributed by atoms with van der Waals surface area (Å²) in [5.41, 5.74) is 1.12. The van der Waals surface area contributed by atoms with Crippen LogP contribution in [0.4, 0.5) is 5.13 Å². The largest absolute Gasteiger partial charge is 0.492 e. The third kappa shape index (κ3) is 6.83. The Labute approximate surface area is 234 Å². The highest BCUT2D eigenvalue weighted by molar-refractivity contribution is 7.89. The van der Waals surface area contributed by atoms with Crippen LogP contribution in [-0.2, 0) is 14.8 Å². The number of benzene rings is 2. The number of aromatic nitrogens is 1. The second-order valence-corrected chi connectivity index (χ2v) is 12.3. The van der Waals surface area contributed by atoms with Gasteiger partial charge in [0.1, 0.15) is 11.3 Å². The molecule has 9 nitrogen and oxygen atoms in total. The zero-order valence-electron chi connectivity index (χ0n) is 22.1. The van der Waals surface area contributed by atoms with E-state index >= 15 is 0 Å². The number of rotatable bonds is 11. The Morgan fingerprint density at radius 3 is 2.50 bits per heavy atom. The Hall–Kier alpha value is -2.28. The van der Waals surface area contributed by atoms with Gasteiger partial charge in [-0.3, -0.25) is 9.69 Å². The monoisotopic (exact) mass is 582 g/mol. The van der Waals surface area contributed by atoms with Crippen LogP contribution in [0.25, 0.3) is 10.2 Å². The summed E-state index contributed by atoms with van der Waals surface area (Å²) >= 11 is 1.43. The maximum absolute atomic E-state index is 13.6. The summed E-state index contributed by atoms with van der Waals surface area (Å²) in [5, 5.41) is 0.571. The normalized spacial score (nSPS) is 15.7. The number of fused-ring (bicyclic) bond motifs is 1. The number of thiazole rings is 1. The van der Waals surface area contributed by atoms with Crippen LogP contribution in [0.15, 0.2) is 47.4 Å². The first kappa shape index (κ1) is 30.3. The van der Waals surface area contributed by atoms with Crippen molar-refractivity contribution >= 4 is 55.0 Å². The summed E-state index contributed by atoms with van der Waals surface area (Å²) in [6, 6.07) is 11.9. The van der Waals surface area contributed by atoms with Gasteiger partial charge in [0.25, 0.3) is 5.91 Å². The SMILES string of the molecule is CCOc1cccc2sc(N(CCN(C)C)C(=O)c3ccc(S(=O)(=O)N(C)CC4CCCO4)cc3)nc12.Cl. The molecule has 0 bridgehead atoms. The number of sulfonamides is 1. The first-order valence-electron chi connectivity index (χ1n) is 12.4. The maximum Gasteiger partial charge on any atom is 0.260 e. The minimum Gasteiger partial charge on any atom is -0.492 e. The molecule has 1 aliphatic heterocycles. The Morgan fingerprint density at radius 1 is 1.13 bits per heavy atom. The average Bonchev–Trinajstić information content (AvgIpc) is 3.54. The van der Waals surface area contributed by atoms with E-state index < -0.39 is 10.0 Å². The zero-order valence-corrected chi connectivity index (χ0v) is 24.6. The number of anilines is 1.